The average Bonchev–Trinajstić information content (AvgIpc) is 3.70. The summed E-state index contributed by atoms with van der Waals surface area (Å²) in [6.45, 7) is 25.7. The van der Waals surface area contributed by atoms with Crippen molar-refractivity contribution in [2.75, 3.05) is 39.3 Å². The van der Waals surface area contributed by atoms with Crippen molar-refractivity contribution in [1.82, 2.24) is 20.4 Å². The van der Waals surface area contributed by atoms with Crippen LogP contribution in [0.2, 0.25) is 0 Å². The number of unbranched alkanes of at least 4 members (excludes halogenated alkanes) is 1. The maximum Gasteiger partial charge on any atom is 0.410 e. The van der Waals surface area contributed by atoms with Gasteiger partial charge in [-0.25, -0.2) is 14.4 Å². The summed E-state index contributed by atoms with van der Waals surface area (Å²) in [5.41, 5.74) is -0.381. The molecule has 0 aliphatic heterocycles. The molecule has 0 radical (unpaired) electrons. The van der Waals surface area contributed by atoms with E-state index in [-0.39, 0.29) is 30.8 Å². The molecule has 0 spiro atoms. The van der Waals surface area contributed by atoms with Gasteiger partial charge in [0.2, 0.25) is 5.91 Å². The fraction of sp³-hybridized carbons (Fsp3) is 0.870. The third-order valence-electron chi connectivity index (χ3n) is 14.3. The minimum Gasteiger partial charge on any atom is -0.462 e. The van der Waals surface area contributed by atoms with E-state index in [1.165, 1.54) is 56.9 Å². The predicted octanol–water partition coefficient (Wildman–Crippen LogP) is 11.6. The Bertz CT molecular complexity index is 1630. The normalized spacial score (nSPS) is 24.3. The number of esters is 1. The van der Waals surface area contributed by atoms with Crippen LogP contribution < -0.4 is 10.6 Å². The van der Waals surface area contributed by atoms with Crippen LogP contribution in [0.5, 0.6) is 0 Å². The Morgan fingerprint density at radius 3 is 1.82 bits per heavy atom. The topological polar surface area (TPSA) is 153 Å². The van der Waals surface area contributed by atoms with Crippen LogP contribution in [-0.2, 0) is 28.5 Å². The number of carbonyl (C=O) groups is 5. The van der Waals surface area contributed by atoms with E-state index in [4.69, 9.17) is 18.9 Å². The highest BCUT2D eigenvalue weighted by atomic mass is 16.6. The fourth-order valence-electron chi connectivity index (χ4n) is 11.4. The molecule has 0 aromatic rings. The molecular weight excluding hydrogens is 849 g/mol. The van der Waals surface area contributed by atoms with Crippen molar-refractivity contribution in [3.8, 4) is 0 Å². The van der Waals surface area contributed by atoms with Gasteiger partial charge in [0.1, 0.15) is 22.9 Å². The van der Waals surface area contributed by atoms with Gasteiger partial charge in [-0.15, -0.1) is 0 Å². The Labute approximate surface area is 405 Å². The van der Waals surface area contributed by atoms with Gasteiger partial charge in [-0.3, -0.25) is 9.59 Å². The molecule has 384 valence electrons. The van der Waals surface area contributed by atoms with Crippen molar-refractivity contribution in [2.45, 2.75) is 215 Å². The Balaban J connectivity index is 1.34. The number of hydrogen-bond acceptors (Lipinski definition) is 9. The Morgan fingerprint density at radius 2 is 1.22 bits per heavy atom. The van der Waals surface area contributed by atoms with Crippen LogP contribution in [0.4, 0.5) is 14.4 Å². The van der Waals surface area contributed by atoms with Crippen LogP contribution in [0.25, 0.3) is 0 Å². The van der Waals surface area contributed by atoms with E-state index in [0.29, 0.717) is 82.7 Å². The number of alkyl carbamates (subject to hydrolysis) is 2. The molecule has 13 heteroatoms. The number of nitrogens with zero attached hydrogens (tertiary/aromatic N) is 2. The van der Waals surface area contributed by atoms with Gasteiger partial charge < -0.3 is 39.4 Å². The summed E-state index contributed by atoms with van der Waals surface area (Å²) in [6.07, 6.45) is 16.9. The van der Waals surface area contributed by atoms with Gasteiger partial charge in [0.25, 0.3) is 0 Å². The van der Waals surface area contributed by atoms with Gasteiger partial charge in [0.15, 0.2) is 0 Å². The highest BCUT2D eigenvalue weighted by Crippen LogP contribution is 2.59. The van der Waals surface area contributed by atoms with Gasteiger partial charge in [-0.1, -0.05) is 64.5 Å². The number of amides is 4. The van der Waals surface area contributed by atoms with E-state index in [2.05, 4.69) is 37.5 Å². The molecule has 13 nitrogen and oxygen atoms in total. The number of nitrogens with one attached hydrogen (secondary N) is 2. The molecule has 3 fully saturated rings. The summed E-state index contributed by atoms with van der Waals surface area (Å²) in [5.74, 6) is 5.49. The molecule has 2 N–H and O–H groups in total. The van der Waals surface area contributed by atoms with E-state index < -0.39 is 35.1 Å². The van der Waals surface area contributed by atoms with Crippen molar-refractivity contribution in [1.29, 1.82) is 0 Å². The van der Waals surface area contributed by atoms with Crippen LogP contribution in [0, 0.1) is 47.3 Å². The van der Waals surface area contributed by atoms with E-state index in [1.54, 1.807) is 30.6 Å². The number of allylic oxidation sites excluding steroid dienone is 1. The molecule has 4 aliphatic carbocycles. The Kier molecular flexibility index (Phi) is 21.7. The fourth-order valence-corrected chi connectivity index (χ4v) is 11.4. The molecular formula is C54H94N4O9. The first-order valence-electron chi connectivity index (χ1n) is 26.5. The maximum absolute atomic E-state index is 13.8. The van der Waals surface area contributed by atoms with E-state index in [9.17, 15) is 24.0 Å². The summed E-state index contributed by atoms with van der Waals surface area (Å²) in [4.78, 5) is 68.4. The van der Waals surface area contributed by atoms with Gasteiger partial charge >= 0.3 is 24.2 Å². The van der Waals surface area contributed by atoms with Crippen molar-refractivity contribution in [3.05, 3.63) is 11.6 Å². The zero-order chi connectivity index (χ0) is 49.5. The molecule has 0 heterocycles. The maximum atomic E-state index is 13.8. The number of fused-ring (bicyclic) bond motifs is 5. The molecule has 0 aromatic carbocycles. The molecule has 4 aliphatic rings. The molecule has 0 saturated heterocycles. The lowest BCUT2D eigenvalue weighted by Crippen LogP contribution is -2.46. The third-order valence-corrected chi connectivity index (χ3v) is 14.3. The van der Waals surface area contributed by atoms with Gasteiger partial charge in [-0.05, 0) is 167 Å². The van der Waals surface area contributed by atoms with Crippen molar-refractivity contribution < 1.29 is 42.9 Å². The lowest BCUT2D eigenvalue weighted by atomic mass is 9.52. The van der Waals surface area contributed by atoms with Crippen LogP contribution in [0.15, 0.2) is 11.6 Å². The highest BCUT2D eigenvalue weighted by Gasteiger charge is 2.51. The third kappa shape index (κ3) is 19.8. The van der Waals surface area contributed by atoms with Crippen molar-refractivity contribution >= 4 is 30.2 Å². The standard InChI is InChI=1S/C54H94N4O9/c1-37(2)19-15-20-38(3)45-36-40-35-41(24-26-42(40)44-25-23-39-21-16-22-43(39)48(44)45)64-47(60)28-27-46(59)57(33-17-29-55-49(61)65-52(4,5)6)31-13-14-32-58(51(63)67-54(10,11)12)34-18-30-56-50(62)66-53(7,8)9/h36-39,41-45,48H,13-35H2,1-12H3,(H,55,61)(H,56,62)/t38-,39?,41?,42?,43?,44?,45?,48?/m1/s1. The molecule has 4 amide bonds. The van der Waals surface area contributed by atoms with E-state index in [0.717, 1.165) is 48.9 Å². The molecule has 0 aromatic heterocycles. The number of hydrogen-bond donors (Lipinski definition) is 2. The minimum absolute atomic E-state index is 0.0114. The number of ether oxygens (including phenoxy) is 4. The Hall–Kier alpha value is -3.51. The van der Waals surface area contributed by atoms with Crippen LogP contribution >= 0.6 is 0 Å². The molecule has 7 unspecified atom stereocenters. The lowest BCUT2D eigenvalue weighted by Gasteiger charge is -2.53. The quantitative estimate of drug-likeness (QED) is 0.0467. The summed E-state index contributed by atoms with van der Waals surface area (Å²) >= 11 is 0. The van der Waals surface area contributed by atoms with E-state index in [1.807, 2.05) is 41.5 Å². The van der Waals surface area contributed by atoms with Crippen LogP contribution in [0.3, 0.4) is 0 Å². The summed E-state index contributed by atoms with van der Waals surface area (Å²) in [7, 11) is 0. The van der Waals surface area contributed by atoms with Gasteiger partial charge in [-0.2, -0.15) is 0 Å². The SMILES string of the molecule is CC(C)CCC[C@@H](C)C1C=C2CC(OC(=O)CCC(=O)N(CCCCN(CCCNC(=O)OC(C)(C)C)C(=O)OC(C)(C)C)CCCNC(=O)OC(C)(C)C)CCC2C2CCC3CCCC3C21. The second-order valence-electron chi connectivity index (χ2n) is 23.9. The van der Waals surface area contributed by atoms with Crippen LogP contribution in [0.1, 0.15) is 192 Å². The second-order valence-corrected chi connectivity index (χ2v) is 23.9. The van der Waals surface area contributed by atoms with Gasteiger partial charge in [0, 0.05) is 52.1 Å². The summed E-state index contributed by atoms with van der Waals surface area (Å²) in [5, 5.41) is 5.53. The molecule has 8 atom stereocenters. The van der Waals surface area contributed by atoms with Crippen molar-refractivity contribution in [2.24, 2.45) is 47.3 Å². The smallest absolute Gasteiger partial charge is 0.410 e. The van der Waals surface area contributed by atoms with Gasteiger partial charge in [0.05, 0.1) is 6.42 Å². The summed E-state index contributed by atoms with van der Waals surface area (Å²) in [6, 6.07) is 0. The first-order valence-corrected chi connectivity index (χ1v) is 26.5. The molecule has 0 bridgehead atoms. The Morgan fingerprint density at radius 1 is 0.642 bits per heavy atom. The predicted molar refractivity (Wildman–Crippen MR) is 264 cm³/mol. The zero-order valence-corrected chi connectivity index (χ0v) is 44.1. The first-order chi connectivity index (χ1) is 31.4. The molecule has 67 heavy (non-hydrogen) atoms. The molecule has 3 saturated carbocycles. The summed E-state index contributed by atoms with van der Waals surface area (Å²) < 4.78 is 22.6. The van der Waals surface area contributed by atoms with Crippen LogP contribution in [-0.4, -0.2) is 102 Å². The monoisotopic (exact) mass is 943 g/mol. The first kappa shape index (κ1) is 56.1. The zero-order valence-electron chi connectivity index (χ0n) is 44.1. The molecule has 4 rings (SSSR count). The van der Waals surface area contributed by atoms with E-state index >= 15 is 0 Å². The number of rotatable bonds is 22. The lowest BCUT2D eigenvalue weighted by molar-refractivity contribution is -0.152. The minimum atomic E-state index is -0.680. The number of carbonyl (C=O) groups excluding carboxylic acids is 5. The second kappa shape index (κ2) is 25.9. The average molecular weight is 943 g/mol. The van der Waals surface area contributed by atoms with Crippen molar-refractivity contribution in [3.63, 3.8) is 0 Å². The largest absolute Gasteiger partial charge is 0.462 e. The highest BCUT2D eigenvalue weighted by molar-refractivity contribution is 5.81.